The van der Waals surface area contributed by atoms with E-state index < -0.39 is 0 Å². The number of hydrogen-bond donors (Lipinski definition) is 0. The molecule has 4 nitrogen and oxygen atoms in total. The van der Waals surface area contributed by atoms with E-state index in [-0.39, 0.29) is 5.43 Å². The molecule has 0 aliphatic heterocycles. The second-order valence-corrected chi connectivity index (χ2v) is 7.73. The number of fused-ring (bicyclic) bond motifs is 1. The number of nitrogens with zero attached hydrogens (tertiary/aromatic N) is 1. The van der Waals surface area contributed by atoms with E-state index in [0.29, 0.717) is 34.6 Å². The standard InChI is InChI=1S/C26H25NO3/c1-17-10-12-19(13-11-17)25-23(18-8-6-5-7-9-18)24(28)20-14-15-22(29-4)21(16-27(2)3)26(20)30-25/h5-15H,16H2,1-4H3. The van der Waals surface area contributed by atoms with Crippen LogP contribution in [0.25, 0.3) is 33.4 Å². The van der Waals surface area contributed by atoms with E-state index in [9.17, 15) is 4.79 Å². The predicted molar refractivity (Wildman–Crippen MR) is 122 cm³/mol. The Morgan fingerprint density at radius 3 is 2.23 bits per heavy atom. The van der Waals surface area contributed by atoms with Gasteiger partial charge in [-0.2, -0.15) is 0 Å². The molecule has 0 saturated carbocycles. The molecule has 4 heteroatoms. The van der Waals surface area contributed by atoms with Crippen molar-refractivity contribution in [1.29, 1.82) is 0 Å². The maximum atomic E-state index is 13.7. The van der Waals surface area contributed by atoms with Crippen molar-refractivity contribution >= 4 is 11.0 Å². The van der Waals surface area contributed by atoms with E-state index in [1.165, 1.54) is 0 Å². The lowest BCUT2D eigenvalue weighted by atomic mass is 9.97. The Balaban J connectivity index is 2.12. The Labute approximate surface area is 176 Å². The van der Waals surface area contributed by atoms with E-state index in [1.807, 2.05) is 86.6 Å². The Morgan fingerprint density at radius 1 is 0.900 bits per heavy atom. The van der Waals surface area contributed by atoms with Crippen LogP contribution in [0.4, 0.5) is 0 Å². The Morgan fingerprint density at radius 2 is 1.60 bits per heavy atom. The molecular formula is C26H25NO3. The molecule has 1 heterocycles. The molecule has 4 rings (SSSR count). The van der Waals surface area contributed by atoms with Crippen molar-refractivity contribution in [2.75, 3.05) is 21.2 Å². The number of hydrogen-bond acceptors (Lipinski definition) is 4. The fourth-order valence-electron chi connectivity index (χ4n) is 3.73. The second kappa shape index (κ2) is 8.17. The molecule has 4 aromatic rings. The molecule has 0 spiro atoms. The van der Waals surface area contributed by atoms with Crippen LogP contribution in [-0.4, -0.2) is 26.1 Å². The van der Waals surface area contributed by atoms with Gasteiger partial charge in [-0.3, -0.25) is 4.79 Å². The normalized spacial score (nSPS) is 11.2. The number of aryl methyl sites for hydroxylation is 1. The maximum absolute atomic E-state index is 13.7. The van der Waals surface area contributed by atoms with Crippen LogP contribution in [0.3, 0.4) is 0 Å². The first kappa shape index (κ1) is 19.9. The van der Waals surface area contributed by atoms with E-state index in [1.54, 1.807) is 13.2 Å². The van der Waals surface area contributed by atoms with E-state index in [4.69, 9.17) is 9.15 Å². The van der Waals surface area contributed by atoms with Crippen LogP contribution in [0.5, 0.6) is 5.75 Å². The van der Waals surface area contributed by atoms with Crippen LogP contribution < -0.4 is 10.2 Å². The summed E-state index contributed by atoms with van der Waals surface area (Å²) in [4.78, 5) is 15.7. The molecule has 0 aliphatic rings. The average molecular weight is 399 g/mol. The molecule has 0 saturated heterocycles. The summed E-state index contributed by atoms with van der Waals surface area (Å²) < 4.78 is 12.1. The van der Waals surface area contributed by atoms with Gasteiger partial charge >= 0.3 is 0 Å². The third-order valence-corrected chi connectivity index (χ3v) is 5.19. The van der Waals surface area contributed by atoms with Gasteiger partial charge in [-0.15, -0.1) is 0 Å². The molecule has 30 heavy (non-hydrogen) atoms. The van der Waals surface area contributed by atoms with Gasteiger partial charge in [-0.05, 0) is 38.7 Å². The molecule has 3 aromatic carbocycles. The quantitative estimate of drug-likeness (QED) is 0.444. The summed E-state index contributed by atoms with van der Waals surface area (Å²) in [5.41, 5.74) is 4.84. The van der Waals surface area contributed by atoms with Crippen molar-refractivity contribution in [1.82, 2.24) is 4.90 Å². The van der Waals surface area contributed by atoms with Crippen molar-refractivity contribution in [2.24, 2.45) is 0 Å². The lowest BCUT2D eigenvalue weighted by Crippen LogP contribution is -2.14. The molecule has 0 N–H and O–H groups in total. The molecule has 1 aromatic heterocycles. The van der Waals surface area contributed by atoms with Crippen molar-refractivity contribution in [3.63, 3.8) is 0 Å². The molecule has 0 unspecified atom stereocenters. The Hall–Kier alpha value is -3.37. The lowest BCUT2D eigenvalue weighted by molar-refractivity contribution is 0.371. The highest BCUT2D eigenvalue weighted by Gasteiger charge is 2.21. The number of methoxy groups -OCH3 is 1. The van der Waals surface area contributed by atoms with Gasteiger partial charge in [-0.1, -0.05) is 60.2 Å². The fourth-order valence-corrected chi connectivity index (χ4v) is 3.73. The fraction of sp³-hybridized carbons (Fsp3) is 0.192. The van der Waals surface area contributed by atoms with Crippen molar-refractivity contribution in [3.05, 3.63) is 88.1 Å². The molecule has 0 radical (unpaired) electrons. The summed E-state index contributed by atoms with van der Waals surface area (Å²) in [6, 6.07) is 21.4. The molecule has 0 fully saturated rings. The molecule has 0 amide bonds. The van der Waals surface area contributed by atoms with Crippen LogP contribution in [0.2, 0.25) is 0 Å². The highest BCUT2D eigenvalue weighted by atomic mass is 16.5. The third kappa shape index (κ3) is 3.62. The van der Waals surface area contributed by atoms with Crippen molar-refractivity contribution in [3.8, 4) is 28.2 Å². The molecule has 0 bridgehead atoms. The molecular weight excluding hydrogens is 374 g/mol. The number of rotatable bonds is 5. The van der Waals surface area contributed by atoms with E-state index >= 15 is 0 Å². The minimum Gasteiger partial charge on any atom is -0.496 e. The monoisotopic (exact) mass is 399 g/mol. The van der Waals surface area contributed by atoms with Crippen LogP contribution in [0.15, 0.2) is 75.9 Å². The van der Waals surface area contributed by atoms with Crippen molar-refractivity contribution < 1.29 is 9.15 Å². The van der Waals surface area contributed by atoms with E-state index in [0.717, 1.165) is 22.3 Å². The Kier molecular flexibility index (Phi) is 5.42. The second-order valence-electron chi connectivity index (χ2n) is 7.73. The summed E-state index contributed by atoms with van der Waals surface area (Å²) in [6.45, 7) is 2.64. The summed E-state index contributed by atoms with van der Waals surface area (Å²) >= 11 is 0. The largest absolute Gasteiger partial charge is 0.496 e. The first-order chi connectivity index (χ1) is 14.5. The van der Waals surface area contributed by atoms with Gasteiger partial charge in [0.25, 0.3) is 0 Å². The molecule has 0 aliphatic carbocycles. The average Bonchev–Trinajstić information content (AvgIpc) is 2.75. The zero-order valence-electron chi connectivity index (χ0n) is 17.7. The van der Waals surface area contributed by atoms with Crippen LogP contribution >= 0.6 is 0 Å². The van der Waals surface area contributed by atoms with Gasteiger partial charge in [0.05, 0.1) is 23.6 Å². The van der Waals surface area contributed by atoms with Gasteiger partial charge in [0.15, 0.2) is 0 Å². The van der Waals surface area contributed by atoms with Crippen LogP contribution in [0.1, 0.15) is 11.1 Å². The maximum Gasteiger partial charge on any atom is 0.201 e. The van der Waals surface area contributed by atoms with E-state index in [2.05, 4.69) is 0 Å². The summed E-state index contributed by atoms with van der Waals surface area (Å²) in [5, 5.41) is 0.558. The zero-order valence-corrected chi connectivity index (χ0v) is 17.7. The topological polar surface area (TPSA) is 42.7 Å². The first-order valence-corrected chi connectivity index (χ1v) is 9.93. The SMILES string of the molecule is COc1ccc2c(=O)c(-c3ccccc3)c(-c3ccc(C)cc3)oc2c1CN(C)C. The van der Waals surface area contributed by atoms with Gasteiger partial charge in [0.1, 0.15) is 17.1 Å². The van der Waals surface area contributed by atoms with Crippen LogP contribution in [0, 0.1) is 6.92 Å². The van der Waals surface area contributed by atoms with Gasteiger partial charge in [0.2, 0.25) is 5.43 Å². The van der Waals surface area contributed by atoms with Crippen molar-refractivity contribution in [2.45, 2.75) is 13.5 Å². The number of benzene rings is 3. The minimum atomic E-state index is -0.0410. The zero-order chi connectivity index (χ0) is 21.3. The molecule has 0 atom stereocenters. The summed E-state index contributed by atoms with van der Waals surface area (Å²) in [5.74, 6) is 1.29. The van der Waals surface area contributed by atoms with Crippen LogP contribution in [-0.2, 0) is 6.54 Å². The summed E-state index contributed by atoms with van der Waals surface area (Å²) in [7, 11) is 5.60. The van der Waals surface area contributed by atoms with Gasteiger partial charge in [0, 0.05) is 12.1 Å². The first-order valence-electron chi connectivity index (χ1n) is 9.93. The Bertz CT molecular complexity index is 1240. The lowest BCUT2D eigenvalue weighted by Gasteiger charge is -2.17. The minimum absolute atomic E-state index is 0.0410. The molecule has 152 valence electrons. The van der Waals surface area contributed by atoms with Gasteiger partial charge < -0.3 is 14.1 Å². The highest BCUT2D eigenvalue weighted by molar-refractivity contribution is 5.91. The highest BCUT2D eigenvalue weighted by Crippen LogP contribution is 2.36. The summed E-state index contributed by atoms with van der Waals surface area (Å²) in [6.07, 6.45) is 0. The third-order valence-electron chi connectivity index (χ3n) is 5.19. The van der Waals surface area contributed by atoms with Gasteiger partial charge in [-0.25, -0.2) is 0 Å². The predicted octanol–water partition coefficient (Wildman–Crippen LogP) is 5.51. The number of ether oxygens (including phenoxy) is 1. The smallest absolute Gasteiger partial charge is 0.201 e.